The number of anilines is 1. The van der Waals surface area contributed by atoms with E-state index in [1.54, 1.807) is 6.08 Å². The van der Waals surface area contributed by atoms with Crippen molar-refractivity contribution in [1.82, 2.24) is 4.90 Å². The molecule has 1 aliphatic rings. The summed E-state index contributed by atoms with van der Waals surface area (Å²) in [6.07, 6.45) is 8.30. The van der Waals surface area contributed by atoms with Crippen LogP contribution in [-0.2, 0) is 16.0 Å². The van der Waals surface area contributed by atoms with Crippen LogP contribution < -0.4 is 5.32 Å². The molecule has 0 spiro atoms. The van der Waals surface area contributed by atoms with Crippen LogP contribution in [-0.4, -0.2) is 29.8 Å². The van der Waals surface area contributed by atoms with Gasteiger partial charge in [-0.1, -0.05) is 55.8 Å². The Balaban J connectivity index is 1.45. The number of carbonyl (C=O) groups excluding carboxylic acids is 2. The van der Waals surface area contributed by atoms with Gasteiger partial charge in [-0.25, -0.2) is 0 Å². The third-order valence-corrected chi connectivity index (χ3v) is 5.44. The van der Waals surface area contributed by atoms with Gasteiger partial charge in [0.1, 0.15) is 0 Å². The van der Waals surface area contributed by atoms with Gasteiger partial charge in [-0.3, -0.25) is 9.59 Å². The lowest BCUT2D eigenvalue weighted by molar-refractivity contribution is -0.130. The third-order valence-electron chi connectivity index (χ3n) is 5.44. The average Bonchev–Trinajstić information content (AvgIpc) is 2.78. The molecular weight excluding hydrogens is 360 g/mol. The summed E-state index contributed by atoms with van der Waals surface area (Å²) in [4.78, 5) is 26.8. The van der Waals surface area contributed by atoms with Crippen molar-refractivity contribution in [3.63, 3.8) is 0 Å². The Morgan fingerprint density at radius 3 is 2.38 bits per heavy atom. The van der Waals surface area contributed by atoms with Gasteiger partial charge in [-0.15, -0.1) is 0 Å². The number of nitrogens with zero attached hydrogens (tertiary/aromatic N) is 1. The minimum absolute atomic E-state index is 0.00961. The van der Waals surface area contributed by atoms with E-state index in [9.17, 15) is 9.59 Å². The Bertz CT molecular complexity index is 820. The van der Waals surface area contributed by atoms with E-state index in [1.165, 1.54) is 18.4 Å². The van der Waals surface area contributed by atoms with Crippen molar-refractivity contribution >= 4 is 23.6 Å². The summed E-state index contributed by atoms with van der Waals surface area (Å²) in [7, 11) is 0. The number of likely N-dealkylation sites (tertiary alicyclic amines) is 1. The van der Waals surface area contributed by atoms with E-state index < -0.39 is 0 Å². The second kappa shape index (κ2) is 10.6. The number of hydrogen-bond acceptors (Lipinski definition) is 2. The smallest absolute Gasteiger partial charge is 0.246 e. The number of unbranched alkanes of at least 4 members (excludes halogenated alkanes) is 1. The van der Waals surface area contributed by atoms with Gasteiger partial charge in [0.15, 0.2) is 0 Å². The largest absolute Gasteiger partial charge is 0.339 e. The lowest BCUT2D eigenvalue weighted by Crippen LogP contribution is -2.40. The highest BCUT2D eigenvalue weighted by molar-refractivity contribution is 5.94. The molecule has 2 aromatic rings. The summed E-state index contributed by atoms with van der Waals surface area (Å²) in [6.45, 7) is 3.42. The Labute approximate surface area is 173 Å². The number of hydrogen-bond donors (Lipinski definition) is 1. The van der Waals surface area contributed by atoms with Gasteiger partial charge >= 0.3 is 0 Å². The topological polar surface area (TPSA) is 49.4 Å². The number of aryl methyl sites for hydroxylation is 1. The number of carbonyl (C=O) groups is 2. The van der Waals surface area contributed by atoms with E-state index in [0.717, 1.165) is 17.7 Å². The molecule has 0 aromatic heterocycles. The van der Waals surface area contributed by atoms with Gasteiger partial charge in [-0.2, -0.15) is 0 Å². The highest BCUT2D eigenvalue weighted by Gasteiger charge is 2.26. The van der Waals surface area contributed by atoms with Crippen molar-refractivity contribution in [2.24, 2.45) is 5.92 Å². The molecule has 0 radical (unpaired) electrons. The molecular formula is C25H30N2O2. The first-order valence-corrected chi connectivity index (χ1v) is 10.6. The predicted molar refractivity (Wildman–Crippen MR) is 118 cm³/mol. The number of benzene rings is 2. The molecule has 4 heteroatoms. The zero-order valence-electron chi connectivity index (χ0n) is 17.1. The molecule has 29 heavy (non-hydrogen) atoms. The van der Waals surface area contributed by atoms with Crippen LogP contribution in [0.3, 0.4) is 0 Å². The number of piperidine rings is 1. The Kier molecular flexibility index (Phi) is 7.62. The minimum Gasteiger partial charge on any atom is -0.339 e. The summed E-state index contributed by atoms with van der Waals surface area (Å²) < 4.78 is 0. The summed E-state index contributed by atoms with van der Waals surface area (Å²) in [5.74, 6) is 0.0190. The Hall–Kier alpha value is -2.88. The van der Waals surface area contributed by atoms with E-state index in [2.05, 4.69) is 24.4 Å². The van der Waals surface area contributed by atoms with Crippen molar-refractivity contribution in [1.29, 1.82) is 0 Å². The lowest BCUT2D eigenvalue weighted by Gasteiger charge is -2.30. The molecule has 1 fully saturated rings. The maximum absolute atomic E-state index is 12.6. The van der Waals surface area contributed by atoms with E-state index in [4.69, 9.17) is 0 Å². The van der Waals surface area contributed by atoms with Gasteiger partial charge in [0.05, 0.1) is 0 Å². The zero-order chi connectivity index (χ0) is 20.5. The van der Waals surface area contributed by atoms with E-state index in [1.807, 2.05) is 53.4 Å². The van der Waals surface area contributed by atoms with Crippen LogP contribution >= 0.6 is 0 Å². The van der Waals surface area contributed by atoms with Crippen LogP contribution in [0, 0.1) is 5.92 Å². The second-order valence-electron chi connectivity index (χ2n) is 7.63. The molecule has 1 heterocycles. The van der Waals surface area contributed by atoms with Crippen LogP contribution in [0.4, 0.5) is 5.69 Å². The maximum Gasteiger partial charge on any atom is 0.246 e. The fourth-order valence-corrected chi connectivity index (χ4v) is 3.58. The molecule has 2 amide bonds. The van der Waals surface area contributed by atoms with Crippen LogP contribution in [0.25, 0.3) is 6.08 Å². The van der Waals surface area contributed by atoms with Gasteiger partial charge in [0, 0.05) is 30.8 Å². The van der Waals surface area contributed by atoms with Crippen LogP contribution in [0.2, 0.25) is 0 Å². The van der Waals surface area contributed by atoms with Gasteiger partial charge in [0.2, 0.25) is 11.8 Å². The highest BCUT2D eigenvalue weighted by atomic mass is 16.2. The fraction of sp³-hybridized carbons (Fsp3) is 0.360. The van der Waals surface area contributed by atoms with E-state index in [-0.39, 0.29) is 17.7 Å². The zero-order valence-corrected chi connectivity index (χ0v) is 17.1. The minimum atomic E-state index is -0.0445. The van der Waals surface area contributed by atoms with Crippen molar-refractivity contribution in [3.8, 4) is 0 Å². The highest BCUT2D eigenvalue weighted by Crippen LogP contribution is 2.20. The number of rotatable bonds is 7. The second-order valence-corrected chi connectivity index (χ2v) is 7.63. The van der Waals surface area contributed by atoms with E-state index in [0.29, 0.717) is 25.9 Å². The van der Waals surface area contributed by atoms with Crippen LogP contribution in [0.5, 0.6) is 0 Å². The molecule has 1 aliphatic heterocycles. The molecule has 0 unspecified atom stereocenters. The molecule has 0 aliphatic carbocycles. The van der Waals surface area contributed by atoms with Crippen LogP contribution in [0.1, 0.15) is 43.7 Å². The van der Waals surface area contributed by atoms with Gasteiger partial charge < -0.3 is 10.2 Å². The average molecular weight is 391 g/mol. The number of amides is 2. The molecule has 4 nitrogen and oxygen atoms in total. The summed E-state index contributed by atoms with van der Waals surface area (Å²) in [5.41, 5.74) is 3.16. The van der Waals surface area contributed by atoms with Crippen molar-refractivity contribution < 1.29 is 9.59 Å². The van der Waals surface area contributed by atoms with Gasteiger partial charge in [0.25, 0.3) is 0 Å². The Morgan fingerprint density at radius 1 is 1.03 bits per heavy atom. The summed E-state index contributed by atoms with van der Waals surface area (Å²) >= 11 is 0. The van der Waals surface area contributed by atoms with Crippen LogP contribution in [0.15, 0.2) is 60.7 Å². The van der Waals surface area contributed by atoms with Crippen molar-refractivity contribution in [3.05, 3.63) is 71.8 Å². The third kappa shape index (κ3) is 6.31. The standard InChI is InChI=1S/C25H30N2O2/c1-2-3-7-21-10-13-23(14-11-21)26-25(29)22-16-18-27(19-17-22)24(28)15-12-20-8-5-4-6-9-20/h4-6,8-15,22H,2-3,7,16-19H2,1H3,(H,26,29)/b15-12+. The van der Waals surface area contributed by atoms with Gasteiger partial charge in [-0.05, 0) is 55.0 Å². The molecule has 0 bridgehead atoms. The van der Waals surface area contributed by atoms with Crippen molar-refractivity contribution in [2.75, 3.05) is 18.4 Å². The predicted octanol–water partition coefficient (Wildman–Crippen LogP) is 4.92. The molecule has 2 aromatic carbocycles. The first-order chi connectivity index (χ1) is 14.2. The number of nitrogens with one attached hydrogen (secondary N) is 1. The molecule has 1 saturated heterocycles. The molecule has 0 atom stereocenters. The van der Waals surface area contributed by atoms with Crippen molar-refractivity contribution in [2.45, 2.75) is 39.0 Å². The normalized spacial score (nSPS) is 14.9. The summed E-state index contributed by atoms with van der Waals surface area (Å²) in [5, 5.41) is 3.03. The fourth-order valence-electron chi connectivity index (χ4n) is 3.58. The SMILES string of the molecule is CCCCc1ccc(NC(=O)C2CCN(C(=O)/C=C/c3ccccc3)CC2)cc1. The molecule has 1 N–H and O–H groups in total. The first kappa shape index (κ1) is 20.8. The Morgan fingerprint density at radius 2 is 1.72 bits per heavy atom. The van der Waals surface area contributed by atoms with E-state index >= 15 is 0 Å². The molecule has 3 rings (SSSR count). The lowest BCUT2D eigenvalue weighted by atomic mass is 9.95. The first-order valence-electron chi connectivity index (χ1n) is 10.6. The summed E-state index contributed by atoms with van der Waals surface area (Å²) in [6, 6.07) is 17.9. The quantitative estimate of drug-likeness (QED) is 0.682. The molecule has 152 valence electrons. The monoisotopic (exact) mass is 390 g/mol. The maximum atomic E-state index is 12.6. The molecule has 0 saturated carbocycles.